The van der Waals surface area contributed by atoms with Crippen molar-refractivity contribution in [3.8, 4) is 16.9 Å². The zero-order valence-corrected chi connectivity index (χ0v) is 15.6. The molecule has 0 N–H and O–H groups in total. The lowest BCUT2D eigenvalue weighted by molar-refractivity contribution is 0.176. The average molecular weight is 376 g/mol. The number of allylic oxidation sites excluding steroid dienone is 1. The molecule has 1 aliphatic heterocycles. The summed E-state index contributed by atoms with van der Waals surface area (Å²) in [4.78, 5) is 0. The average Bonchev–Trinajstić information content (AvgIpc) is 2.74. The first-order chi connectivity index (χ1) is 13.6. The van der Waals surface area contributed by atoms with Crippen LogP contribution in [0.1, 0.15) is 35.6 Å². The maximum Gasteiger partial charge on any atom is 0.159 e. The van der Waals surface area contributed by atoms with Crippen molar-refractivity contribution in [3.05, 3.63) is 102 Å². The monoisotopic (exact) mass is 376 g/mol. The highest BCUT2D eigenvalue weighted by molar-refractivity contribution is 5.63. The molecule has 0 amide bonds. The summed E-state index contributed by atoms with van der Waals surface area (Å²) < 4.78 is 32.8. The number of aryl methyl sites for hydroxylation is 2. The second-order valence-corrected chi connectivity index (χ2v) is 7.17. The van der Waals surface area contributed by atoms with Crippen LogP contribution in [0.25, 0.3) is 11.1 Å². The largest absolute Gasteiger partial charge is 0.485 e. The molecule has 142 valence electrons. The van der Waals surface area contributed by atoms with Crippen LogP contribution in [0.3, 0.4) is 0 Å². The van der Waals surface area contributed by atoms with Gasteiger partial charge in [0.1, 0.15) is 11.9 Å². The smallest absolute Gasteiger partial charge is 0.159 e. The van der Waals surface area contributed by atoms with Crippen molar-refractivity contribution in [2.75, 3.05) is 0 Å². The summed E-state index contributed by atoms with van der Waals surface area (Å²) >= 11 is 0. The molecule has 1 aliphatic rings. The minimum Gasteiger partial charge on any atom is -0.485 e. The standard InChI is InChI=1S/C25H22F2O/c1-2-3-4-17-5-13-25-21(15-17)11-14-24(28-25)19-8-6-18(7-9-19)20-10-12-22(26)23(27)16-20/h2,5-10,12-13,15-16,24H,1,3-4,11,14H2. The summed E-state index contributed by atoms with van der Waals surface area (Å²) in [7, 11) is 0. The molecular weight excluding hydrogens is 354 g/mol. The van der Waals surface area contributed by atoms with Gasteiger partial charge in [0.25, 0.3) is 0 Å². The van der Waals surface area contributed by atoms with Crippen LogP contribution in [0.2, 0.25) is 0 Å². The summed E-state index contributed by atoms with van der Waals surface area (Å²) in [5, 5.41) is 0. The van der Waals surface area contributed by atoms with Crippen LogP contribution in [0, 0.1) is 11.6 Å². The molecule has 1 nitrogen and oxygen atoms in total. The van der Waals surface area contributed by atoms with Crippen LogP contribution >= 0.6 is 0 Å². The molecule has 3 aromatic carbocycles. The van der Waals surface area contributed by atoms with Crippen molar-refractivity contribution in [1.29, 1.82) is 0 Å². The van der Waals surface area contributed by atoms with Gasteiger partial charge in [-0.1, -0.05) is 48.5 Å². The van der Waals surface area contributed by atoms with Crippen molar-refractivity contribution < 1.29 is 13.5 Å². The predicted molar refractivity (Wildman–Crippen MR) is 108 cm³/mol. The summed E-state index contributed by atoms with van der Waals surface area (Å²) in [5.41, 5.74) is 5.18. The first-order valence-electron chi connectivity index (χ1n) is 9.59. The third-order valence-electron chi connectivity index (χ3n) is 5.24. The third-order valence-corrected chi connectivity index (χ3v) is 5.24. The van der Waals surface area contributed by atoms with Crippen molar-refractivity contribution in [2.24, 2.45) is 0 Å². The fourth-order valence-corrected chi connectivity index (χ4v) is 3.67. The van der Waals surface area contributed by atoms with Gasteiger partial charge >= 0.3 is 0 Å². The van der Waals surface area contributed by atoms with Crippen LogP contribution in [0.4, 0.5) is 8.78 Å². The summed E-state index contributed by atoms with van der Waals surface area (Å²) in [6, 6.07) is 18.3. The Bertz CT molecular complexity index is 992. The van der Waals surface area contributed by atoms with Crippen LogP contribution in [0.5, 0.6) is 5.75 Å². The highest BCUT2D eigenvalue weighted by Crippen LogP contribution is 2.36. The quantitative estimate of drug-likeness (QED) is 0.444. The molecule has 4 rings (SSSR count). The Morgan fingerprint density at radius 2 is 1.71 bits per heavy atom. The molecule has 3 aromatic rings. The Morgan fingerprint density at radius 3 is 2.46 bits per heavy atom. The number of hydrogen-bond acceptors (Lipinski definition) is 1. The second kappa shape index (κ2) is 7.97. The zero-order chi connectivity index (χ0) is 19.5. The Labute approximate surface area is 164 Å². The van der Waals surface area contributed by atoms with Gasteiger partial charge in [-0.25, -0.2) is 8.78 Å². The maximum atomic E-state index is 13.5. The van der Waals surface area contributed by atoms with Gasteiger partial charge in [-0.05, 0) is 71.7 Å². The Hall–Kier alpha value is -2.94. The van der Waals surface area contributed by atoms with Gasteiger partial charge in [-0.3, -0.25) is 0 Å². The lowest BCUT2D eigenvalue weighted by Crippen LogP contribution is -2.15. The minimum absolute atomic E-state index is 0.00512. The van der Waals surface area contributed by atoms with E-state index >= 15 is 0 Å². The van der Waals surface area contributed by atoms with Gasteiger partial charge in [0.15, 0.2) is 11.6 Å². The molecule has 1 heterocycles. The van der Waals surface area contributed by atoms with Crippen LogP contribution in [-0.2, 0) is 12.8 Å². The van der Waals surface area contributed by atoms with Crippen molar-refractivity contribution in [2.45, 2.75) is 31.8 Å². The minimum atomic E-state index is -0.832. The van der Waals surface area contributed by atoms with E-state index in [0.29, 0.717) is 5.56 Å². The maximum absolute atomic E-state index is 13.5. The Kier molecular flexibility index (Phi) is 5.25. The number of ether oxygens (including phenoxy) is 1. The topological polar surface area (TPSA) is 9.23 Å². The number of halogens is 2. The first-order valence-corrected chi connectivity index (χ1v) is 9.59. The number of hydrogen-bond donors (Lipinski definition) is 0. The summed E-state index contributed by atoms with van der Waals surface area (Å²) in [6.45, 7) is 3.78. The van der Waals surface area contributed by atoms with Gasteiger partial charge in [0.05, 0.1) is 0 Å². The second-order valence-electron chi connectivity index (χ2n) is 7.17. The first kappa shape index (κ1) is 18.4. The molecule has 1 unspecified atom stereocenters. The Morgan fingerprint density at radius 1 is 0.929 bits per heavy atom. The van der Waals surface area contributed by atoms with E-state index in [4.69, 9.17) is 4.74 Å². The number of fused-ring (bicyclic) bond motifs is 1. The van der Waals surface area contributed by atoms with Crippen LogP contribution in [-0.4, -0.2) is 0 Å². The molecule has 0 saturated carbocycles. The van der Waals surface area contributed by atoms with E-state index in [9.17, 15) is 8.78 Å². The molecule has 0 fully saturated rings. The third kappa shape index (κ3) is 3.84. The molecule has 0 saturated heterocycles. The normalized spacial score (nSPS) is 15.6. The predicted octanol–water partition coefficient (Wildman–Crippen LogP) is 6.82. The van der Waals surface area contributed by atoms with Crippen molar-refractivity contribution in [1.82, 2.24) is 0 Å². The molecule has 3 heteroatoms. The molecule has 0 spiro atoms. The molecule has 0 bridgehead atoms. The highest BCUT2D eigenvalue weighted by Gasteiger charge is 2.21. The van der Waals surface area contributed by atoms with E-state index in [1.54, 1.807) is 6.07 Å². The van der Waals surface area contributed by atoms with E-state index in [1.807, 2.05) is 30.3 Å². The molecule has 0 radical (unpaired) electrons. The zero-order valence-electron chi connectivity index (χ0n) is 15.6. The Balaban J connectivity index is 1.49. The van der Waals surface area contributed by atoms with E-state index in [0.717, 1.165) is 48.6 Å². The van der Waals surface area contributed by atoms with Gasteiger partial charge in [-0.2, -0.15) is 0 Å². The van der Waals surface area contributed by atoms with Gasteiger partial charge < -0.3 is 4.74 Å². The van der Waals surface area contributed by atoms with Crippen molar-refractivity contribution >= 4 is 0 Å². The molecule has 0 aliphatic carbocycles. The SMILES string of the molecule is C=CCCc1ccc2c(c1)CCC(c1ccc(-c3ccc(F)c(F)c3)cc1)O2. The van der Waals surface area contributed by atoms with E-state index in [-0.39, 0.29) is 6.10 Å². The fraction of sp³-hybridized carbons (Fsp3) is 0.200. The lowest BCUT2D eigenvalue weighted by Gasteiger charge is -2.27. The van der Waals surface area contributed by atoms with Gasteiger partial charge in [0, 0.05) is 0 Å². The van der Waals surface area contributed by atoms with E-state index in [1.165, 1.54) is 17.2 Å². The molecular formula is C25H22F2O. The van der Waals surface area contributed by atoms with Crippen LogP contribution in [0.15, 0.2) is 73.3 Å². The van der Waals surface area contributed by atoms with E-state index < -0.39 is 11.6 Å². The highest BCUT2D eigenvalue weighted by atomic mass is 19.2. The van der Waals surface area contributed by atoms with Crippen molar-refractivity contribution in [3.63, 3.8) is 0 Å². The molecule has 28 heavy (non-hydrogen) atoms. The fourth-order valence-electron chi connectivity index (χ4n) is 3.67. The van der Waals surface area contributed by atoms with Gasteiger partial charge in [0.2, 0.25) is 0 Å². The van der Waals surface area contributed by atoms with Crippen LogP contribution < -0.4 is 4.74 Å². The van der Waals surface area contributed by atoms with E-state index in [2.05, 4.69) is 24.8 Å². The summed E-state index contributed by atoms with van der Waals surface area (Å²) in [6.07, 6.45) is 5.83. The molecule has 1 atom stereocenters. The van der Waals surface area contributed by atoms with Gasteiger partial charge in [-0.15, -0.1) is 6.58 Å². The number of benzene rings is 3. The molecule has 0 aromatic heterocycles. The number of rotatable bonds is 5. The lowest BCUT2D eigenvalue weighted by atomic mass is 9.94. The summed E-state index contributed by atoms with van der Waals surface area (Å²) in [5.74, 6) is -0.716.